The molecular formula is C26H32N4O6. The molecule has 1 heterocycles. The lowest BCUT2D eigenvalue weighted by atomic mass is 10.2. The van der Waals surface area contributed by atoms with Crippen molar-refractivity contribution in [2.75, 3.05) is 46.9 Å². The predicted molar refractivity (Wildman–Crippen MR) is 137 cm³/mol. The molecule has 0 saturated carbocycles. The second-order valence-corrected chi connectivity index (χ2v) is 8.54. The van der Waals surface area contributed by atoms with Gasteiger partial charge in [-0.3, -0.25) is 19.0 Å². The Balaban J connectivity index is 1.48. The molecule has 3 aromatic rings. The highest BCUT2D eigenvalue weighted by molar-refractivity contribution is 5.82. The Kier molecular flexibility index (Phi) is 8.88. The Labute approximate surface area is 210 Å². The molecule has 0 atom stereocenters. The Hall–Kier alpha value is -4.08. The average molecular weight is 497 g/mol. The summed E-state index contributed by atoms with van der Waals surface area (Å²) < 4.78 is 17.1. The number of hydrogen-bond acceptors (Lipinski definition) is 8. The molecule has 10 heteroatoms. The van der Waals surface area contributed by atoms with Gasteiger partial charge in [0.15, 0.2) is 18.1 Å². The number of likely N-dealkylation sites (N-methyl/N-ethyl adjacent to an activating group) is 1. The van der Waals surface area contributed by atoms with Crippen LogP contribution in [0.2, 0.25) is 0 Å². The van der Waals surface area contributed by atoms with E-state index in [1.165, 1.54) is 30.0 Å². The van der Waals surface area contributed by atoms with Gasteiger partial charge in [0.2, 0.25) is 0 Å². The summed E-state index contributed by atoms with van der Waals surface area (Å²) in [6, 6.07) is 11.1. The number of methoxy groups -OCH3 is 2. The first kappa shape index (κ1) is 26.5. The fraction of sp³-hybridized carbons (Fsp3) is 0.385. The van der Waals surface area contributed by atoms with E-state index in [9.17, 15) is 14.4 Å². The second kappa shape index (κ2) is 12.1. The average Bonchev–Trinajstić information content (AvgIpc) is 2.88. The monoisotopic (exact) mass is 496 g/mol. The van der Waals surface area contributed by atoms with Crippen molar-refractivity contribution in [1.82, 2.24) is 14.5 Å². The van der Waals surface area contributed by atoms with E-state index in [0.717, 1.165) is 11.3 Å². The lowest BCUT2D eigenvalue weighted by Crippen LogP contribution is -2.30. The van der Waals surface area contributed by atoms with Crippen LogP contribution in [0.5, 0.6) is 11.5 Å². The van der Waals surface area contributed by atoms with Crippen molar-refractivity contribution in [3.05, 3.63) is 58.6 Å². The van der Waals surface area contributed by atoms with Crippen LogP contribution in [0, 0.1) is 0 Å². The van der Waals surface area contributed by atoms with Gasteiger partial charge in [0.1, 0.15) is 0 Å². The molecular weight excluding hydrogens is 464 g/mol. The van der Waals surface area contributed by atoms with E-state index >= 15 is 0 Å². The third-order valence-electron chi connectivity index (χ3n) is 5.76. The van der Waals surface area contributed by atoms with Crippen LogP contribution in [0.25, 0.3) is 10.9 Å². The Morgan fingerprint density at radius 1 is 1.00 bits per heavy atom. The Bertz CT molecular complexity index is 1270. The maximum Gasteiger partial charge on any atom is 0.306 e. The molecule has 192 valence electrons. The van der Waals surface area contributed by atoms with Gasteiger partial charge in [-0.1, -0.05) is 12.1 Å². The first-order valence-corrected chi connectivity index (χ1v) is 11.5. The number of carbonyl (C=O) groups is 2. The van der Waals surface area contributed by atoms with E-state index in [-0.39, 0.29) is 31.0 Å². The maximum atomic E-state index is 12.8. The van der Waals surface area contributed by atoms with Gasteiger partial charge in [0.25, 0.3) is 11.5 Å². The first-order chi connectivity index (χ1) is 17.2. The molecule has 0 spiro atoms. The van der Waals surface area contributed by atoms with Crippen LogP contribution in [0.3, 0.4) is 0 Å². The number of hydrogen-bond donors (Lipinski definition) is 0. The zero-order valence-electron chi connectivity index (χ0n) is 21.3. The molecule has 0 fully saturated rings. The van der Waals surface area contributed by atoms with E-state index in [2.05, 4.69) is 4.98 Å². The van der Waals surface area contributed by atoms with Gasteiger partial charge in [-0.25, -0.2) is 4.98 Å². The first-order valence-electron chi connectivity index (χ1n) is 11.5. The minimum atomic E-state index is -0.500. The number of rotatable bonds is 11. The van der Waals surface area contributed by atoms with Crippen LogP contribution in [-0.4, -0.2) is 68.3 Å². The highest BCUT2D eigenvalue weighted by Crippen LogP contribution is 2.29. The smallest absolute Gasteiger partial charge is 0.306 e. The van der Waals surface area contributed by atoms with Gasteiger partial charge >= 0.3 is 5.97 Å². The summed E-state index contributed by atoms with van der Waals surface area (Å²) >= 11 is 0. The molecule has 0 unspecified atom stereocenters. The zero-order valence-corrected chi connectivity index (χ0v) is 21.3. The fourth-order valence-corrected chi connectivity index (χ4v) is 3.62. The highest BCUT2D eigenvalue weighted by atomic mass is 16.5. The molecule has 0 aliphatic heterocycles. The number of anilines is 1. The number of aromatic nitrogens is 2. The molecule has 2 aromatic carbocycles. The quantitative estimate of drug-likeness (QED) is 0.373. The van der Waals surface area contributed by atoms with Gasteiger partial charge in [0.05, 0.1) is 31.4 Å². The van der Waals surface area contributed by atoms with Crippen LogP contribution < -0.4 is 19.9 Å². The maximum absolute atomic E-state index is 12.8. The SMILES string of the molecule is COc1cc2ncn(CCCC(=O)OCC(=O)N(C)Cc3ccc(N(C)C)cc3)c(=O)c2cc1OC. The van der Waals surface area contributed by atoms with Crippen molar-refractivity contribution in [2.45, 2.75) is 25.9 Å². The third kappa shape index (κ3) is 6.53. The van der Waals surface area contributed by atoms with Crippen LogP contribution >= 0.6 is 0 Å². The third-order valence-corrected chi connectivity index (χ3v) is 5.76. The number of nitrogens with zero attached hydrogens (tertiary/aromatic N) is 4. The minimum Gasteiger partial charge on any atom is -0.493 e. The van der Waals surface area contributed by atoms with Crippen LogP contribution in [0.4, 0.5) is 5.69 Å². The number of fused-ring (bicyclic) bond motifs is 1. The van der Waals surface area contributed by atoms with E-state index in [0.29, 0.717) is 35.4 Å². The molecule has 0 bridgehead atoms. The van der Waals surface area contributed by atoms with Gasteiger partial charge in [-0.05, 0) is 30.2 Å². The van der Waals surface area contributed by atoms with Crippen molar-refractivity contribution >= 4 is 28.5 Å². The molecule has 36 heavy (non-hydrogen) atoms. The summed E-state index contributed by atoms with van der Waals surface area (Å²) in [6.07, 6.45) is 1.87. The second-order valence-electron chi connectivity index (χ2n) is 8.54. The van der Waals surface area contributed by atoms with Crippen molar-refractivity contribution in [2.24, 2.45) is 0 Å². The lowest BCUT2D eigenvalue weighted by molar-refractivity contribution is -0.151. The van der Waals surface area contributed by atoms with Crippen molar-refractivity contribution in [3.8, 4) is 11.5 Å². The number of amides is 1. The number of carbonyl (C=O) groups excluding carboxylic acids is 2. The van der Waals surface area contributed by atoms with E-state index in [1.807, 2.05) is 43.3 Å². The van der Waals surface area contributed by atoms with Crippen LogP contribution in [0.1, 0.15) is 18.4 Å². The molecule has 1 amide bonds. The Morgan fingerprint density at radius 3 is 2.31 bits per heavy atom. The molecule has 10 nitrogen and oxygen atoms in total. The number of aryl methyl sites for hydroxylation is 1. The molecule has 0 N–H and O–H groups in total. The molecule has 0 aliphatic carbocycles. The molecule has 0 saturated heterocycles. The zero-order chi connectivity index (χ0) is 26.2. The summed E-state index contributed by atoms with van der Waals surface area (Å²) in [5, 5.41) is 0.391. The topological polar surface area (TPSA) is 103 Å². The highest BCUT2D eigenvalue weighted by Gasteiger charge is 2.14. The molecule has 0 aliphatic rings. The lowest BCUT2D eigenvalue weighted by Gasteiger charge is -2.18. The standard InChI is InChI=1S/C26H32N4O6/c1-28(2)19-10-8-18(9-11-19)15-29(3)24(31)16-36-25(32)7-6-12-30-17-27-21-14-23(35-5)22(34-4)13-20(21)26(30)33/h8-11,13-14,17H,6-7,12,15-16H2,1-5H3. The van der Waals surface area contributed by atoms with E-state index in [4.69, 9.17) is 14.2 Å². The number of ether oxygens (including phenoxy) is 3. The fourth-order valence-electron chi connectivity index (χ4n) is 3.62. The van der Waals surface area contributed by atoms with Gasteiger partial charge < -0.3 is 24.0 Å². The molecule has 3 rings (SSSR count). The van der Waals surface area contributed by atoms with Gasteiger partial charge in [-0.15, -0.1) is 0 Å². The predicted octanol–water partition coefficient (Wildman–Crippen LogP) is 2.46. The molecule has 0 radical (unpaired) electrons. The molecule has 1 aromatic heterocycles. The Morgan fingerprint density at radius 2 is 1.67 bits per heavy atom. The van der Waals surface area contributed by atoms with Crippen molar-refractivity contribution in [1.29, 1.82) is 0 Å². The summed E-state index contributed by atoms with van der Waals surface area (Å²) in [4.78, 5) is 45.1. The summed E-state index contributed by atoms with van der Waals surface area (Å²) in [6.45, 7) is 0.366. The van der Waals surface area contributed by atoms with Gasteiger partial charge in [0, 0.05) is 52.4 Å². The summed E-state index contributed by atoms with van der Waals surface area (Å²) in [7, 11) is 8.60. The van der Waals surface area contributed by atoms with Crippen LogP contribution in [-0.2, 0) is 27.4 Å². The normalized spacial score (nSPS) is 10.7. The van der Waals surface area contributed by atoms with E-state index < -0.39 is 5.97 Å². The number of benzene rings is 2. The number of esters is 1. The van der Waals surface area contributed by atoms with E-state index in [1.54, 1.807) is 19.2 Å². The summed E-state index contributed by atoms with van der Waals surface area (Å²) in [5.74, 6) is 0.130. The van der Waals surface area contributed by atoms with Crippen molar-refractivity contribution < 1.29 is 23.8 Å². The summed E-state index contributed by atoms with van der Waals surface area (Å²) in [5.41, 5.74) is 2.30. The minimum absolute atomic E-state index is 0.0689. The van der Waals surface area contributed by atoms with Crippen LogP contribution in [0.15, 0.2) is 47.5 Å². The van der Waals surface area contributed by atoms with Gasteiger partial charge in [-0.2, -0.15) is 0 Å². The largest absolute Gasteiger partial charge is 0.493 e. The van der Waals surface area contributed by atoms with Crippen molar-refractivity contribution in [3.63, 3.8) is 0 Å².